The number of allylic oxidation sites excluding steroid dienone is 2. The van der Waals surface area contributed by atoms with Crippen LogP contribution in [0.15, 0.2) is 58.1 Å². The first-order valence-electron chi connectivity index (χ1n) is 11.4. The number of hydrazone groups is 1. The second-order valence-electron chi connectivity index (χ2n) is 8.75. The molecule has 176 valence electrons. The third kappa shape index (κ3) is 4.27. The van der Waals surface area contributed by atoms with Crippen LogP contribution in [0.2, 0.25) is 5.02 Å². The fourth-order valence-electron chi connectivity index (χ4n) is 5.10. The van der Waals surface area contributed by atoms with Gasteiger partial charge >= 0.3 is 0 Å². The predicted molar refractivity (Wildman–Crippen MR) is 133 cm³/mol. The maximum Gasteiger partial charge on any atom is 0.254 e. The summed E-state index contributed by atoms with van der Waals surface area (Å²) in [5, 5.41) is 6.03. The van der Waals surface area contributed by atoms with Gasteiger partial charge in [0.05, 0.1) is 29.1 Å². The van der Waals surface area contributed by atoms with Crippen LogP contribution in [0.3, 0.4) is 0 Å². The highest BCUT2D eigenvalue weighted by atomic mass is 79.9. The summed E-state index contributed by atoms with van der Waals surface area (Å²) in [6.45, 7) is 2.69. The molecule has 1 heterocycles. The van der Waals surface area contributed by atoms with Crippen molar-refractivity contribution in [3.05, 3.63) is 69.2 Å². The Morgan fingerprint density at radius 1 is 1.06 bits per heavy atom. The summed E-state index contributed by atoms with van der Waals surface area (Å²) in [7, 11) is 0. The number of hydrogen-bond acceptors (Lipinski definition) is 5. The van der Waals surface area contributed by atoms with Gasteiger partial charge in [0.2, 0.25) is 0 Å². The van der Waals surface area contributed by atoms with Crippen molar-refractivity contribution >= 4 is 45.6 Å². The summed E-state index contributed by atoms with van der Waals surface area (Å²) in [6.07, 6.45) is 7.64. The Hall–Kier alpha value is -2.64. The highest BCUT2D eigenvalue weighted by Gasteiger charge is 2.56. The van der Waals surface area contributed by atoms with E-state index >= 15 is 0 Å². The average Bonchev–Trinajstić information content (AvgIpc) is 3.11. The normalized spacial score (nSPS) is 25.3. The van der Waals surface area contributed by atoms with Crippen molar-refractivity contribution in [3.63, 3.8) is 0 Å². The Morgan fingerprint density at radius 2 is 1.71 bits per heavy atom. The highest BCUT2D eigenvalue weighted by Crippen LogP contribution is 2.49. The van der Waals surface area contributed by atoms with Crippen LogP contribution in [-0.4, -0.2) is 29.6 Å². The number of carbonyl (C=O) groups excluding carboxylic acids is 2. The molecule has 34 heavy (non-hydrogen) atoms. The quantitative estimate of drug-likeness (QED) is 0.259. The average molecular weight is 544 g/mol. The summed E-state index contributed by atoms with van der Waals surface area (Å²) in [6, 6.07) is 11.1. The van der Waals surface area contributed by atoms with E-state index < -0.39 is 0 Å². The monoisotopic (exact) mass is 542 g/mol. The fraction of sp³-hybridized carbons (Fsp3) is 0.346. The van der Waals surface area contributed by atoms with Gasteiger partial charge in [0, 0.05) is 5.02 Å². The number of carbonyl (C=O) groups is 2. The van der Waals surface area contributed by atoms with Gasteiger partial charge in [0.1, 0.15) is 6.61 Å². The first-order chi connectivity index (χ1) is 16.5. The van der Waals surface area contributed by atoms with Crippen LogP contribution < -0.4 is 9.47 Å². The van der Waals surface area contributed by atoms with Gasteiger partial charge in [-0.15, -0.1) is 0 Å². The largest absolute Gasteiger partial charge is 0.490 e. The molecule has 2 amide bonds. The zero-order valence-electron chi connectivity index (χ0n) is 18.6. The molecule has 0 unspecified atom stereocenters. The van der Waals surface area contributed by atoms with Crippen molar-refractivity contribution in [2.75, 3.05) is 6.61 Å². The lowest BCUT2D eigenvalue weighted by molar-refractivity contribution is -0.140. The van der Waals surface area contributed by atoms with Gasteiger partial charge in [-0.3, -0.25) is 9.59 Å². The van der Waals surface area contributed by atoms with Crippen molar-refractivity contribution < 1.29 is 19.1 Å². The summed E-state index contributed by atoms with van der Waals surface area (Å²) >= 11 is 9.52. The van der Waals surface area contributed by atoms with E-state index in [1.807, 2.05) is 37.3 Å². The molecule has 6 rings (SSSR count). The molecule has 2 aromatic rings. The number of rotatable bonds is 7. The van der Waals surface area contributed by atoms with E-state index in [-0.39, 0.29) is 35.5 Å². The molecule has 4 atom stereocenters. The van der Waals surface area contributed by atoms with Crippen LogP contribution in [0.4, 0.5) is 0 Å². The first-order valence-corrected chi connectivity index (χ1v) is 12.6. The molecular weight excluding hydrogens is 520 g/mol. The van der Waals surface area contributed by atoms with Crippen LogP contribution in [-0.2, 0) is 16.2 Å². The van der Waals surface area contributed by atoms with Gasteiger partial charge in [-0.25, -0.2) is 0 Å². The zero-order chi connectivity index (χ0) is 23.8. The maximum absolute atomic E-state index is 13.0. The lowest BCUT2D eigenvalue weighted by atomic mass is 9.63. The van der Waals surface area contributed by atoms with Gasteiger partial charge in [-0.1, -0.05) is 35.9 Å². The summed E-state index contributed by atoms with van der Waals surface area (Å²) in [5.41, 5.74) is 1.66. The molecule has 1 saturated carbocycles. The Kier molecular flexibility index (Phi) is 6.49. The van der Waals surface area contributed by atoms with Crippen LogP contribution in [0, 0.1) is 23.7 Å². The number of imide groups is 1. The molecular formula is C26H24BrClN2O4. The van der Waals surface area contributed by atoms with Gasteiger partial charge in [0.15, 0.2) is 11.5 Å². The number of halogens is 2. The summed E-state index contributed by atoms with van der Waals surface area (Å²) in [4.78, 5) is 26.0. The topological polar surface area (TPSA) is 68.2 Å². The van der Waals surface area contributed by atoms with E-state index in [9.17, 15) is 9.59 Å². The van der Waals surface area contributed by atoms with Gasteiger partial charge < -0.3 is 9.47 Å². The van der Waals surface area contributed by atoms with Crippen LogP contribution in [0.1, 0.15) is 30.9 Å². The molecule has 0 spiro atoms. The Morgan fingerprint density at radius 3 is 2.29 bits per heavy atom. The van der Waals surface area contributed by atoms with Crippen molar-refractivity contribution in [2.24, 2.45) is 28.8 Å². The number of nitrogens with zero attached hydrogens (tertiary/aromatic N) is 2. The number of hydrogen-bond donors (Lipinski definition) is 0. The molecule has 2 bridgehead atoms. The molecule has 2 fully saturated rings. The fourth-order valence-corrected chi connectivity index (χ4v) is 5.80. The Balaban J connectivity index is 1.35. The highest BCUT2D eigenvalue weighted by molar-refractivity contribution is 9.10. The molecule has 0 radical (unpaired) electrons. The third-order valence-electron chi connectivity index (χ3n) is 6.69. The number of amides is 2. The molecule has 1 saturated heterocycles. The molecule has 3 aliphatic carbocycles. The lowest BCUT2D eigenvalue weighted by Gasteiger charge is -2.37. The van der Waals surface area contributed by atoms with Gasteiger partial charge in [0.25, 0.3) is 11.8 Å². The molecule has 4 aliphatic rings. The molecule has 8 heteroatoms. The van der Waals surface area contributed by atoms with Gasteiger partial charge in [-0.05, 0) is 82.9 Å². The number of fused-ring (bicyclic) bond motifs is 1. The van der Waals surface area contributed by atoms with Crippen LogP contribution >= 0.6 is 27.5 Å². The first kappa shape index (κ1) is 23.1. The smallest absolute Gasteiger partial charge is 0.254 e. The van der Waals surface area contributed by atoms with E-state index in [1.54, 1.807) is 6.07 Å². The van der Waals surface area contributed by atoms with Crippen LogP contribution in [0.25, 0.3) is 0 Å². The molecule has 6 nitrogen and oxygen atoms in total. The van der Waals surface area contributed by atoms with E-state index in [0.717, 1.165) is 23.4 Å². The standard InChI is InChI=1S/C26H24BrClN2O4/c1-2-33-21-12-16(11-20(27)24(21)34-14-15-3-9-19(28)10-4-15)13-29-30-25(31)22-17-5-6-18(8-7-17)23(22)26(30)32/h3-6,9-13,17-18,22-23H,2,7-8,14H2,1H3/b29-13-/t17-,18-,22-,23+/m1/s1. The second-order valence-corrected chi connectivity index (χ2v) is 10.0. The number of ether oxygens (including phenoxy) is 2. The van der Waals surface area contributed by atoms with Gasteiger partial charge in [-0.2, -0.15) is 10.1 Å². The minimum absolute atomic E-state index is 0.141. The Labute approximate surface area is 211 Å². The third-order valence-corrected chi connectivity index (χ3v) is 7.53. The summed E-state index contributed by atoms with van der Waals surface area (Å²) in [5.74, 6) is 0.447. The summed E-state index contributed by atoms with van der Waals surface area (Å²) < 4.78 is 12.5. The van der Waals surface area contributed by atoms with E-state index in [4.69, 9.17) is 21.1 Å². The van der Waals surface area contributed by atoms with Crippen molar-refractivity contribution in [1.82, 2.24) is 5.01 Å². The number of benzene rings is 2. The zero-order valence-corrected chi connectivity index (χ0v) is 21.0. The Bertz CT molecular complexity index is 1150. The minimum atomic E-state index is -0.275. The molecule has 0 aromatic heterocycles. The minimum Gasteiger partial charge on any atom is -0.490 e. The molecule has 1 aliphatic heterocycles. The maximum atomic E-state index is 13.0. The molecule has 2 aromatic carbocycles. The second kappa shape index (κ2) is 9.55. The molecule has 0 N–H and O–H groups in total. The lowest BCUT2D eigenvalue weighted by Crippen LogP contribution is -2.38. The van der Waals surface area contributed by atoms with E-state index in [0.29, 0.717) is 39.8 Å². The van der Waals surface area contributed by atoms with Crippen molar-refractivity contribution in [2.45, 2.75) is 26.4 Å². The van der Waals surface area contributed by atoms with Crippen molar-refractivity contribution in [3.8, 4) is 11.5 Å². The van der Waals surface area contributed by atoms with E-state index in [1.165, 1.54) is 6.21 Å². The van der Waals surface area contributed by atoms with Crippen molar-refractivity contribution in [1.29, 1.82) is 0 Å². The SMILES string of the molecule is CCOc1cc(/C=N\N2C(=O)[C@@H]3[C@H](C2=O)[C@@H]2C=C[C@@H]3CC2)cc(Br)c1OCc1ccc(Cl)cc1. The van der Waals surface area contributed by atoms with Crippen LogP contribution in [0.5, 0.6) is 11.5 Å². The predicted octanol–water partition coefficient (Wildman–Crippen LogP) is 5.61. The van der Waals surface area contributed by atoms with E-state index in [2.05, 4.69) is 33.2 Å².